The molecule has 1 saturated heterocycles. The van der Waals surface area contributed by atoms with Crippen LogP contribution in [-0.2, 0) is 4.79 Å². The van der Waals surface area contributed by atoms with Crippen LogP contribution in [0.25, 0.3) is 0 Å². The first-order chi connectivity index (χ1) is 5.70. The molecule has 4 N–H and O–H groups in total. The summed E-state index contributed by atoms with van der Waals surface area (Å²) in [6.45, 7) is 0.390. The quantitative estimate of drug-likeness (QED) is 0.153. The van der Waals surface area contributed by atoms with Gasteiger partial charge in [-0.1, -0.05) is 10.3 Å². The maximum absolute atomic E-state index is 10.5. The number of oxime groups is 2. The third-order valence-corrected chi connectivity index (χ3v) is 1.51. The molecule has 1 heterocycles. The van der Waals surface area contributed by atoms with Crippen LogP contribution >= 0.6 is 0 Å². The number of amides is 1. The molecule has 7 heteroatoms. The first kappa shape index (κ1) is 8.31. The zero-order valence-electron chi connectivity index (χ0n) is 6.08. The number of hydrogen-bond acceptors (Lipinski definition) is 5. The van der Waals surface area contributed by atoms with Crippen molar-refractivity contribution in [2.75, 3.05) is 6.54 Å². The Kier molecular flexibility index (Phi) is 2.13. The third-order valence-electron chi connectivity index (χ3n) is 1.51. The van der Waals surface area contributed by atoms with Gasteiger partial charge in [-0.15, -0.1) is 0 Å². The van der Waals surface area contributed by atoms with Gasteiger partial charge in [0, 0.05) is 6.54 Å². The molecule has 0 aromatic carbocycles. The lowest BCUT2D eigenvalue weighted by Crippen LogP contribution is -2.25. The number of nitrogens with zero attached hydrogens (tertiary/aromatic N) is 3. The zero-order valence-corrected chi connectivity index (χ0v) is 6.08. The molecule has 0 spiro atoms. The van der Waals surface area contributed by atoms with E-state index in [1.165, 1.54) is 4.90 Å². The van der Waals surface area contributed by atoms with E-state index >= 15 is 0 Å². The molecule has 1 unspecified atom stereocenters. The number of nitrogens with two attached hydrogens (primary N) is 1. The van der Waals surface area contributed by atoms with Crippen LogP contribution in [0.2, 0.25) is 0 Å². The van der Waals surface area contributed by atoms with Crippen molar-refractivity contribution in [1.82, 2.24) is 4.90 Å². The van der Waals surface area contributed by atoms with E-state index in [-0.39, 0.29) is 5.84 Å². The number of primary amides is 1. The minimum atomic E-state index is -0.498. The molecule has 1 aliphatic heterocycles. The Bertz CT molecular complexity index is 249. The van der Waals surface area contributed by atoms with Gasteiger partial charge in [0.25, 0.3) is 0 Å². The van der Waals surface area contributed by atoms with E-state index in [1.54, 1.807) is 0 Å². The number of rotatable bonds is 2. The molecular weight excluding hydrogens is 164 g/mol. The van der Waals surface area contributed by atoms with Crippen LogP contribution in [0.15, 0.2) is 10.3 Å². The summed E-state index contributed by atoms with van der Waals surface area (Å²) in [5.41, 5.74) is 4.95. The number of amidine groups is 1. The van der Waals surface area contributed by atoms with E-state index in [0.717, 1.165) is 6.21 Å². The molecule has 0 aromatic heterocycles. The van der Waals surface area contributed by atoms with Crippen LogP contribution < -0.4 is 5.73 Å². The predicted molar refractivity (Wildman–Crippen MR) is 39.2 cm³/mol. The van der Waals surface area contributed by atoms with E-state index in [1.807, 2.05) is 0 Å². The van der Waals surface area contributed by atoms with E-state index in [2.05, 4.69) is 10.3 Å². The largest absolute Gasteiger partial charge is 0.411 e. The fourth-order valence-corrected chi connectivity index (χ4v) is 0.845. The molecule has 12 heavy (non-hydrogen) atoms. The van der Waals surface area contributed by atoms with Gasteiger partial charge in [0.1, 0.15) is 12.3 Å². The van der Waals surface area contributed by atoms with Gasteiger partial charge in [0.05, 0.1) is 0 Å². The van der Waals surface area contributed by atoms with Crippen molar-refractivity contribution in [2.24, 2.45) is 16.0 Å². The van der Waals surface area contributed by atoms with Crippen LogP contribution in [0.1, 0.15) is 0 Å². The van der Waals surface area contributed by atoms with E-state index < -0.39 is 11.9 Å². The molecule has 66 valence electrons. The monoisotopic (exact) mass is 172 g/mol. The SMILES string of the molecule is NC(=O)C1CN1C(/C=N\O)=N\O. The standard InChI is InChI=1S/C5H8N4O3/c6-5(10)3-2-9(3)4(8-12)1-7-11/h1,3,11-12H,2H2,(H2,6,10)/b7-1-,8-4-. The van der Waals surface area contributed by atoms with Crippen LogP contribution in [0.3, 0.4) is 0 Å². The molecule has 0 saturated carbocycles. The summed E-state index contributed by atoms with van der Waals surface area (Å²) in [7, 11) is 0. The number of carbonyl (C=O) groups is 1. The maximum Gasteiger partial charge on any atom is 0.242 e. The molecule has 1 amide bonds. The lowest BCUT2D eigenvalue weighted by molar-refractivity contribution is -0.117. The fraction of sp³-hybridized carbons (Fsp3) is 0.400. The zero-order chi connectivity index (χ0) is 9.14. The predicted octanol–water partition coefficient (Wildman–Crippen LogP) is -1.60. The van der Waals surface area contributed by atoms with Gasteiger partial charge >= 0.3 is 0 Å². The van der Waals surface area contributed by atoms with Gasteiger partial charge in [0.15, 0.2) is 5.84 Å². The van der Waals surface area contributed by atoms with E-state index in [4.69, 9.17) is 16.1 Å². The van der Waals surface area contributed by atoms with Crippen molar-refractivity contribution in [3.05, 3.63) is 0 Å². The Hall–Kier alpha value is -1.79. The summed E-state index contributed by atoms with van der Waals surface area (Å²) in [5.74, 6) is -0.483. The van der Waals surface area contributed by atoms with Crippen LogP contribution in [0, 0.1) is 0 Å². The number of carbonyl (C=O) groups excluding carboxylic acids is 1. The van der Waals surface area contributed by atoms with E-state index in [9.17, 15) is 4.79 Å². The maximum atomic E-state index is 10.5. The van der Waals surface area contributed by atoms with Gasteiger partial charge in [-0.05, 0) is 0 Å². The summed E-state index contributed by atoms with van der Waals surface area (Å²) >= 11 is 0. The van der Waals surface area contributed by atoms with Gasteiger partial charge in [-0.3, -0.25) is 4.79 Å². The average molecular weight is 172 g/mol. The Labute approximate surface area is 67.7 Å². The summed E-state index contributed by atoms with van der Waals surface area (Å²) in [4.78, 5) is 11.9. The van der Waals surface area contributed by atoms with Crippen molar-refractivity contribution in [3.63, 3.8) is 0 Å². The average Bonchev–Trinajstić information content (AvgIpc) is 2.79. The lowest BCUT2D eigenvalue weighted by atomic mass is 10.4. The molecule has 1 rings (SSSR count). The van der Waals surface area contributed by atoms with Gasteiger partial charge in [-0.25, -0.2) is 0 Å². The highest BCUT2D eigenvalue weighted by Gasteiger charge is 2.41. The molecule has 7 nitrogen and oxygen atoms in total. The molecule has 1 atom stereocenters. The molecular formula is C5H8N4O3. The van der Waals surface area contributed by atoms with Crippen molar-refractivity contribution < 1.29 is 15.2 Å². The Morgan fingerprint density at radius 3 is 2.67 bits per heavy atom. The van der Waals surface area contributed by atoms with Crippen LogP contribution in [0.4, 0.5) is 0 Å². The molecule has 1 aliphatic rings. The first-order valence-electron chi connectivity index (χ1n) is 3.16. The van der Waals surface area contributed by atoms with Crippen LogP contribution in [0.5, 0.6) is 0 Å². The minimum Gasteiger partial charge on any atom is -0.411 e. The molecule has 0 aliphatic carbocycles. The topological polar surface area (TPSA) is 111 Å². The van der Waals surface area contributed by atoms with Crippen molar-refractivity contribution >= 4 is 18.0 Å². The fourth-order valence-electron chi connectivity index (χ4n) is 0.845. The second-order valence-corrected chi connectivity index (χ2v) is 2.27. The van der Waals surface area contributed by atoms with Crippen molar-refractivity contribution in [3.8, 4) is 0 Å². The highest BCUT2D eigenvalue weighted by Crippen LogP contribution is 2.16. The lowest BCUT2D eigenvalue weighted by Gasteiger charge is -1.98. The first-order valence-corrected chi connectivity index (χ1v) is 3.16. The van der Waals surface area contributed by atoms with Gasteiger partial charge < -0.3 is 21.0 Å². The van der Waals surface area contributed by atoms with Gasteiger partial charge in [0.2, 0.25) is 5.91 Å². The Balaban J connectivity index is 2.57. The molecule has 0 radical (unpaired) electrons. The third kappa shape index (κ3) is 1.44. The van der Waals surface area contributed by atoms with Crippen LogP contribution in [-0.4, -0.2) is 45.9 Å². The summed E-state index contributed by atoms with van der Waals surface area (Å²) in [5, 5.41) is 21.9. The smallest absolute Gasteiger partial charge is 0.242 e. The second-order valence-electron chi connectivity index (χ2n) is 2.27. The molecule has 0 bridgehead atoms. The number of hydrogen-bond donors (Lipinski definition) is 3. The minimum absolute atomic E-state index is 0.0151. The Morgan fingerprint density at radius 2 is 2.33 bits per heavy atom. The summed E-state index contributed by atoms with van der Waals surface area (Å²) in [6.07, 6.45) is 0.920. The Morgan fingerprint density at radius 1 is 1.67 bits per heavy atom. The highest BCUT2D eigenvalue weighted by atomic mass is 16.4. The molecule has 0 aromatic rings. The highest BCUT2D eigenvalue weighted by molar-refractivity contribution is 6.30. The molecule has 1 fully saturated rings. The second kappa shape index (κ2) is 3.07. The summed E-state index contributed by atoms with van der Waals surface area (Å²) < 4.78 is 0. The summed E-state index contributed by atoms with van der Waals surface area (Å²) in [6, 6.07) is -0.450. The van der Waals surface area contributed by atoms with Crippen molar-refractivity contribution in [2.45, 2.75) is 6.04 Å². The van der Waals surface area contributed by atoms with Gasteiger partial charge in [-0.2, -0.15) is 0 Å². The van der Waals surface area contributed by atoms with E-state index in [0.29, 0.717) is 6.54 Å². The normalized spacial score (nSPS) is 23.2. The van der Waals surface area contributed by atoms with Crippen molar-refractivity contribution in [1.29, 1.82) is 0 Å².